The molecule has 2 aromatic carbocycles. The van der Waals surface area contributed by atoms with Gasteiger partial charge in [-0.05, 0) is 82.5 Å². The lowest BCUT2D eigenvalue weighted by atomic mass is 9.86. The van der Waals surface area contributed by atoms with E-state index in [1.165, 1.54) is 40.7 Å². The zero-order valence-corrected chi connectivity index (χ0v) is 20.7. The molecule has 0 radical (unpaired) electrons. The lowest BCUT2D eigenvalue weighted by Gasteiger charge is -2.46. The number of benzene rings is 2. The third kappa shape index (κ3) is 5.63. The number of nitrogens with one attached hydrogen (secondary N) is 1. The van der Waals surface area contributed by atoms with E-state index in [2.05, 4.69) is 68.3 Å². The highest BCUT2D eigenvalue weighted by molar-refractivity contribution is 8.00. The fraction of sp³-hybridized carbons (Fsp3) is 0.360. The van der Waals surface area contributed by atoms with Crippen LogP contribution in [0.4, 0.5) is 11.4 Å². The number of nitrogens with zero attached hydrogens (tertiary/aromatic N) is 3. The molecule has 8 heteroatoms. The van der Waals surface area contributed by atoms with Gasteiger partial charge in [0.05, 0.1) is 22.4 Å². The summed E-state index contributed by atoms with van der Waals surface area (Å²) in [5.74, 6) is -0.0764. The van der Waals surface area contributed by atoms with Gasteiger partial charge in [0.25, 0.3) is 5.69 Å². The molecule has 0 atom stereocenters. The smallest absolute Gasteiger partial charge is 0.269 e. The van der Waals surface area contributed by atoms with E-state index < -0.39 is 4.92 Å². The Labute approximate surface area is 199 Å². The van der Waals surface area contributed by atoms with Crippen molar-refractivity contribution in [3.63, 3.8) is 0 Å². The van der Waals surface area contributed by atoms with Gasteiger partial charge in [0.1, 0.15) is 0 Å². The molecule has 2 aromatic rings. The minimum absolute atomic E-state index is 0.0268. The molecule has 7 nitrogen and oxygen atoms in total. The molecule has 3 rings (SSSR count). The number of carbonyl (C=O) groups is 1. The molecule has 174 valence electrons. The first-order chi connectivity index (χ1) is 15.5. The third-order valence-electron chi connectivity index (χ3n) is 5.59. The largest absolute Gasteiger partial charge is 0.360 e. The maximum Gasteiger partial charge on any atom is 0.269 e. The number of anilines is 1. The van der Waals surface area contributed by atoms with Gasteiger partial charge in [-0.15, -0.1) is 11.8 Å². The summed E-state index contributed by atoms with van der Waals surface area (Å²) in [6, 6.07) is 10.8. The molecule has 0 saturated heterocycles. The average molecular weight is 467 g/mol. The lowest BCUT2D eigenvalue weighted by Crippen LogP contribution is -2.49. The Morgan fingerprint density at radius 1 is 1.24 bits per heavy atom. The number of hydrogen-bond acceptors (Lipinski definition) is 6. The fourth-order valence-corrected chi connectivity index (χ4v) is 5.00. The highest BCUT2D eigenvalue weighted by atomic mass is 32.2. The second kappa shape index (κ2) is 9.79. The number of rotatable bonds is 7. The van der Waals surface area contributed by atoms with E-state index in [1.54, 1.807) is 18.3 Å². The molecule has 0 aliphatic carbocycles. The standard InChI is InChI=1S/C25H30N4O3S/c1-16(2)28-23-11-17(3)19(12-22(23)18(4)13-25(28,5)6)14-26-27-24(30)15-33-21-9-7-20(8-10-21)29(31)32/h7-14,16H,15H2,1-6H3,(H,27,30)/b26-14-. The van der Waals surface area contributed by atoms with Crippen molar-refractivity contribution in [3.8, 4) is 0 Å². The van der Waals surface area contributed by atoms with Crippen LogP contribution in [0.25, 0.3) is 5.57 Å². The number of non-ortho nitro benzene ring substituents is 1. The topological polar surface area (TPSA) is 87.8 Å². The van der Waals surface area contributed by atoms with E-state index in [-0.39, 0.29) is 22.9 Å². The molecule has 1 aliphatic rings. The van der Waals surface area contributed by atoms with Crippen LogP contribution in [0.1, 0.15) is 51.3 Å². The molecule has 1 heterocycles. The highest BCUT2D eigenvalue weighted by Crippen LogP contribution is 2.41. The Balaban J connectivity index is 1.67. The number of aryl methyl sites for hydroxylation is 1. The summed E-state index contributed by atoms with van der Waals surface area (Å²) < 4.78 is 0. The van der Waals surface area contributed by atoms with Crippen molar-refractivity contribution >= 4 is 40.8 Å². The first-order valence-electron chi connectivity index (χ1n) is 10.8. The van der Waals surface area contributed by atoms with Crippen molar-refractivity contribution in [2.24, 2.45) is 5.10 Å². The van der Waals surface area contributed by atoms with Crippen molar-refractivity contribution in [1.29, 1.82) is 0 Å². The van der Waals surface area contributed by atoms with E-state index in [0.717, 1.165) is 16.0 Å². The van der Waals surface area contributed by atoms with Gasteiger partial charge in [-0.3, -0.25) is 14.9 Å². The normalized spacial score (nSPS) is 14.9. The lowest BCUT2D eigenvalue weighted by molar-refractivity contribution is -0.384. The summed E-state index contributed by atoms with van der Waals surface area (Å²) in [6.07, 6.45) is 3.97. The molecule has 0 aromatic heterocycles. The summed E-state index contributed by atoms with van der Waals surface area (Å²) in [7, 11) is 0. The maximum absolute atomic E-state index is 12.2. The zero-order chi connectivity index (χ0) is 24.3. The molecule has 0 fully saturated rings. The first kappa shape index (κ1) is 24.5. The predicted molar refractivity (Wildman–Crippen MR) is 136 cm³/mol. The average Bonchev–Trinajstić information content (AvgIpc) is 2.72. The van der Waals surface area contributed by atoms with E-state index in [0.29, 0.717) is 6.04 Å². The van der Waals surface area contributed by atoms with Crippen LogP contribution in [-0.2, 0) is 4.79 Å². The van der Waals surface area contributed by atoms with Gasteiger partial charge < -0.3 is 4.90 Å². The molecular weight excluding hydrogens is 436 g/mol. The summed E-state index contributed by atoms with van der Waals surface area (Å²) in [4.78, 5) is 25.7. The molecular formula is C25H30N4O3S. The van der Waals surface area contributed by atoms with Gasteiger partial charge >= 0.3 is 0 Å². The Morgan fingerprint density at radius 2 is 1.91 bits per heavy atom. The van der Waals surface area contributed by atoms with Crippen LogP contribution in [-0.4, -0.2) is 34.4 Å². The van der Waals surface area contributed by atoms with Crippen molar-refractivity contribution in [1.82, 2.24) is 5.43 Å². The van der Waals surface area contributed by atoms with Crippen LogP contribution in [0.15, 0.2) is 52.5 Å². The number of amides is 1. The molecule has 0 spiro atoms. The van der Waals surface area contributed by atoms with Gasteiger partial charge in [0, 0.05) is 34.3 Å². The Bertz CT molecular complexity index is 1120. The Morgan fingerprint density at radius 3 is 2.52 bits per heavy atom. The summed E-state index contributed by atoms with van der Waals surface area (Å²) in [6.45, 7) is 13.0. The van der Waals surface area contributed by atoms with Crippen molar-refractivity contribution < 1.29 is 9.72 Å². The number of nitro groups is 1. The number of thioether (sulfide) groups is 1. The van der Waals surface area contributed by atoms with E-state index in [9.17, 15) is 14.9 Å². The number of nitro benzene ring substituents is 1. The van der Waals surface area contributed by atoms with Crippen LogP contribution in [0.3, 0.4) is 0 Å². The third-order valence-corrected chi connectivity index (χ3v) is 6.60. The Kier molecular flexibility index (Phi) is 7.27. The summed E-state index contributed by atoms with van der Waals surface area (Å²) in [5, 5.41) is 14.9. The molecule has 1 amide bonds. The maximum atomic E-state index is 12.2. The number of fused-ring (bicyclic) bond motifs is 1. The van der Waals surface area contributed by atoms with Crippen LogP contribution in [0.5, 0.6) is 0 Å². The number of carbonyl (C=O) groups excluding carboxylic acids is 1. The monoisotopic (exact) mass is 466 g/mol. The van der Waals surface area contributed by atoms with E-state index >= 15 is 0 Å². The van der Waals surface area contributed by atoms with Gasteiger partial charge in [-0.1, -0.05) is 6.08 Å². The van der Waals surface area contributed by atoms with Crippen LogP contribution >= 0.6 is 11.8 Å². The van der Waals surface area contributed by atoms with E-state index in [1.807, 2.05) is 6.92 Å². The second-order valence-electron chi connectivity index (χ2n) is 9.00. The highest BCUT2D eigenvalue weighted by Gasteiger charge is 2.33. The first-order valence-corrected chi connectivity index (χ1v) is 11.8. The van der Waals surface area contributed by atoms with Crippen molar-refractivity contribution in [2.45, 2.75) is 58.0 Å². The quantitative estimate of drug-likeness (QED) is 0.250. The second-order valence-corrected chi connectivity index (χ2v) is 10.1. The molecule has 0 bridgehead atoms. The minimum atomic E-state index is -0.447. The minimum Gasteiger partial charge on any atom is -0.360 e. The summed E-state index contributed by atoms with van der Waals surface area (Å²) in [5.41, 5.74) is 8.18. The molecule has 0 saturated carbocycles. The van der Waals surface area contributed by atoms with Gasteiger partial charge in [0.15, 0.2) is 0 Å². The van der Waals surface area contributed by atoms with Gasteiger partial charge in [-0.25, -0.2) is 5.43 Å². The number of allylic oxidation sites excluding steroid dienone is 1. The molecule has 1 aliphatic heterocycles. The number of hydrogen-bond donors (Lipinski definition) is 1. The summed E-state index contributed by atoms with van der Waals surface area (Å²) >= 11 is 1.30. The number of hydrazone groups is 1. The van der Waals surface area contributed by atoms with Crippen LogP contribution in [0.2, 0.25) is 0 Å². The fourth-order valence-electron chi connectivity index (χ4n) is 4.31. The van der Waals surface area contributed by atoms with Crippen molar-refractivity contribution in [2.75, 3.05) is 10.7 Å². The molecule has 0 unspecified atom stereocenters. The molecule has 33 heavy (non-hydrogen) atoms. The van der Waals surface area contributed by atoms with Gasteiger partial charge in [-0.2, -0.15) is 5.10 Å². The molecule has 1 N–H and O–H groups in total. The van der Waals surface area contributed by atoms with Gasteiger partial charge in [0.2, 0.25) is 5.91 Å². The zero-order valence-electron chi connectivity index (χ0n) is 19.9. The van der Waals surface area contributed by atoms with Crippen molar-refractivity contribution in [3.05, 3.63) is 69.3 Å². The van der Waals surface area contributed by atoms with Crippen LogP contribution in [0, 0.1) is 17.0 Å². The Hall–Kier alpha value is -3.13. The van der Waals surface area contributed by atoms with Crippen LogP contribution < -0.4 is 10.3 Å². The SMILES string of the molecule is CC1=CC(C)(C)N(C(C)C)c2cc(C)c(/C=N\NC(=O)CSc3ccc([N+](=O)[O-])cc3)cc21. The van der Waals surface area contributed by atoms with E-state index in [4.69, 9.17) is 0 Å². The predicted octanol–water partition coefficient (Wildman–Crippen LogP) is 5.56.